The van der Waals surface area contributed by atoms with Gasteiger partial charge in [-0.15, -0.1) is 0 Å². The Morgan fingerprint density at radius 3 is 2.48 bits per heavy atom. The Morgan fingerprint density at radius 1 is 1.19 bits per heavy atom. The Labute approximate surface area is 128 Å². The molecule has 1 fully saturated rings. The number of rotatable bonds is 7. The van der Waals surface area contributed by atoms with E-state index in [-0.39, 0.29) is 12.0 Å². The third kappa shape index (κ3) is 4.57. The van der Waals surface area contributed by atoms with Crippen molar-refractivity contribution in [2.45, 2.75) is 56.9 Å². The second-order valence-corrected chi connectivity index (χ2v) is 6.37. The summed E-state index contributed by atoms with van der Waals surface area (Å²) in [7, 11) is 2.11. The lowest BCUT2D eigenvalue weighted by Gasteiger charge is -2.44. The van der Waals surface area contributed by atoms with Gasteiger partial charge in [0.1, 0.15) is 0 Å². The smallest absolute Gasteiger partial charge is 0.305 e. The van der Waals surface area contributed by atoms with E-state index in [1.165, 1.54) is 12.0 Å². The molecule has 0 bridgehead atoms. The zero-order valence-corrected chi connectivity index (χ0v) is 13.1. The quantitative estimate of drug-likeness (QED) is 0.831. The van der Waals surface area contributed by atoms with Crippen molar-refractivity contribution >= 4 is 5.97 Å². The van der Waals surface area contributed by atoms with Crippen LogP contribution in [0, 0.1) is 0 Å². The molecule has 0 radical (unpaired) electrons. The molecule has 0 aliphatic heterocycles. The van der Waals surface area contributed by atoms with Gasteiger partial charge < -0.3 is 10.0 Å². The second kappa shape index (κ2) is 7.60. The number of aliphatic carboxylic acids is 1. The van der Waals surface area contributed by atoms with Crippen molar-refractivity contribution in [1.82, 2.24) is 4.90 Å². The molecular formula is C18H27NO2. The predicted octanol–water partition coefficient (Wildman–Crippen LogP) is 3.73. The first-order valence-corrected chi connectivity index (χ1v) is 8.09. The normalized spacial score (nSPS) is 17.8. The minimum atomic E-state index is -0.660. The Kier molecular flexibility index (Phi) is 5.80. The van der Waals surface area contributed by atoms with Crippen molar-refractivity contribution in [3.8, 4) is 0 Å². The minimum Gasteiger partial charge on any atom is -0.481 e. The lowest BCUT2D eigenvalue weighted by atomic mass is 9.78. The molecule has 1 aliphatic carbocycles. The average molecular weight is 289 g/mol. The van der Waals surface area contributed by atoms with E-state index in [9.17, 15) is 9.90 Å². The minimum absolute atomic E-state index is 0.110. The summed E-state index contributed by atoms with van der Waals surface area (Å²) in [5.41, 5.74) is 1.25. The molecule has 0 unspecified atom stereocenters. The van der Waals surface area contributed by atoms with E-state index in [4.69, 9.17) is 0 Å². The van der Waals surface area contributed by atoms with E-state index in [0.717, 1.165) is 45.1 Å². The van der Waals surface area contributed by atoms with Crippen LogP contribution in [-0.4, -0.2) is 35.1 Å². The second-order valence-electron chi connectivity index (χ2n) is 6.37. The van der Waals surface area contributed by atoms with Gasteiger partial charge in [0.05, 0.1) is 6.42 Å². The molecular weight excluding hydrogens is 262 g/mol. The molecule has 0 amide bonds. The number of benzene rings is 1. The first-order valence-electron chi connectivity index (χ1n) is 8.09. The summed E-state index contributed by atoms with van der Waals surface area (Å²) in [6.07, 6.45) is 8.07. The number of hydrogen-bond donors (Lipinski definition) is 1. The Morgan fingerprint density at radius 2 is 1.86 bits per heavy atom. The molecule has 1 aliphatic rings. The first-order chi connectivity index (χ1) is 10.1. The summed E-state index contributed by atoms with van der Waals surface area (Å²) in [6.45, 7) is 0.974. The van der Waals surface area contributed by atoms with Crippen molar-refractivity contribution in [3.63, 3.8) is 0 Å². The molecule has 3 nitrogen and oxygen atoms in total. The van der Waals surface area contributed by atoms with Gasteiger partial charge in [-0.3, -0.25) is 4.79 Å². The Bertz CT molecular complexity index is 438. The largest absolute Gasteiger partial charge is 0.481 e. The fourth-order valence-electron chi connectivity index (χ4n) is 3.59. The summed E-state index contributed by atoms with van der Waals surface area (Å²) < 4.78 is 0. The van der Waals surface area contributed by atoms with Crippen LogP contribution in [0.3, 0.4) is 0 Å². The molecule has 0 aromatic heterocycles. The van der Waals surface area contributed by atoms with E-state index in [1.807, 2.05) is 6.07 Å². The first kappa shape index (κ1) is 16.0. The molecule has 1 aromatic rings. The van der Waals surface area contributed by atoms with Crippen molar-refractivity contribution in [2.75, 3.05) is 13.6 Å². The maximum atomic E-state index is 11.2. The van der Waals surface area contributed by atoms with Crippen LogP contribution in [0.25, 0.3) is 0 Å². The zero-order valence-electron chi connectivity index (χ0n) is 13.1. The van der Waals surface area contributed by atoms with Crippen LogP contribution in [-0.2, 0) is 11.2 Å². The Balaban J connectivity index is 1.89. The van der Waals surface area contributed by atoms with Gasteiger partial charge in [-0.1, -0.05) is 49.6 Å². The van der Waals surface area contributed by atoms with Gasteiger partial charge in [0.2, 0.25) is 0 Å². The van der Waals surface area contributed by atoms with Gasteiger partial charge >= 0.3 is 5.97 Å². The lowest BCUT2D eigenvalue weighted by molar-refractivity contribution is -0.141. The molecule has 1 saturated carbocycles. The van der Waals surface area contributed by atoms with Crippen molar-refractivity contribution < 1.29 is 9.90 Å². The molecule has 0 atom stereocenters. The van der Waals surface area contributed by atoms with Gasteiger partial charge in [-0.25, -0.2) is 0 Å². The fourth-order valence-corrected chi connectivity index (χ4v) is 3.59. The maximum Gasteiger partial charge on any atom is 0.305 e. The van der Waals surface area contributed by atoms with Gasteiger partial charge in [-0.05, 0) is 44.8 Å². The Hall–Kier alpha value is -1.35. The number of aryl methyl sites for hydroxylation is 1. The fraction of sp³-hybridized carbons (Fsp3) is 0.611. The molecule has 0 spiro atoms. The summed E-state index contributed by atoms with van der Waals surface area (Å²) >= 11 is 0. The highest BCUT2D eigenvalue weighted by atomic mass is 16.4. The molecule has 3 heteroatoms. The summed E-state index contributed by atoms with van der Waals surface area (Å²) in [5.74, 6) is -0.660. The topological polar surface area (TPSA) is 40.5 Å². The van der Waals surface area contributed by atoms with Crippen molar-refractivity contribution in [2.24, 2.45) is 0 Å². The van der Waals surface area contributed by atoms with Gasteiger partial charge in [0, 0.05) is 5.54 Å². The number of carboxylic acid groups (broad SMARTS) is 1. The standard InChI is InChI=1S/C18H27NO2/c1-19(14-8-11-16-9-4-2-5-10-16)18(15-17(20)21)12-6-3-7-13-18/h2,4-5,9-10H,3,6-8,11-15H2,1H3,(H,20,21). The number of carbonyl (C=O) groups is 1. The maximum absolute atomic E-state index is 11.2. The highest BCUT2D eigenvalue weighted by Crippen LogP contribution is 2.36. The van der Waals surface area contributed by atoms with E-state index < -0.39 is 5.97 Å². The highest BCUT2D eigenvalue weighted by molar-refractivity contribution is 5.68. The van der Waals surface area contributed by atoms with Crippen LogP contribution in [0.2, 0.25) is 0 Å². The lowest BCUT2D eigenvalue weighted by Crippen LogP contribution is -2.49. The van der Waals surface area contributed by atoms with E-state index in [1.54, 1.807) is 0 Å². The number of carboxylic acids is 1. The van der Waals surface area contributed by atoms with E-state index in [2.05, 4.69) is 36.2 Å². The third-order valence-electron chi connectivity index (χ3n) is 4.88. The molecule has 21 heavy (non-hydrogen) atoms. The van der Waals surface area contributed by atoms with Gasteiger partial charge in [0.15, 0.2) is 0 Å². The third-order valence-corrected chi connectivity index (χ3v) is 4.88. The predicted molar refractivity (Wildman–Crippen MR) is 85.5 cm³/mol. The van der Waals surface area contributed by atoms with Crippen LogP contribution in [0.5, 0.6) is 0 Å². The van der Waals surface area contributed by atoms with Crippen LogP contribution in [0.15, 0.2) is 30.3 Å². The highest BCUT2D eigenvalue weighted by Gasteiger charge is 2.37. The molecule has 2 rings (SSSR count). The number of hydrogen-bond acceptors (Lipinski definition) is 2. The summed E-state index contributed by atoms with van der Waals surface area (Å²) in [6, 6.07) is 10.5. The van der Waals surface area contributed by atoms with Gasteiger partial charge in [0.25, 0.3) is 0 Å². The van der Waals surface area contributed by atoms with Gasteiger partial charge in [-0.2, -0.15) is 0 Å². The molecule has 116 valence electrons. The zero-order chi connectivity index (χ0) is 15.1. The molecule has 0 heterocycles. The van der Waals surface area contributed by atoms with Crippen molar-refractivity contribution in [1.29, 1.82) is 0 Å². The van der Waals surface area contributed by atoms with Crippen LogP contribution < -0.4 is 0 Å². The van der Waals surface area contributed by atoms with E-state index >= 15 is 0 Å². The van der Waals surface area contributed by atoms with Crippen LogP contribution in [0.1, 0.15) is 50.5 Å². The van der Waals surface area contributed by atoms with Crippen LogP contribution >= 0.6 is 0 Å². The molecule has 1 aromatic carbocycles. The summed E-state index contributed by atoms with van der Waals surface area (Å²) in [5, 5.41) is 9.26. The summed E-state index contributed by atoms with van der Waals surface area (Å²) in [4.78, 5) is 13.6. The van der Waals surface area contributed by atoms with Crippen molar-refractivity contribution in [3.05, 3.63) is 35.9 Å². The number of nitrogens with zero attached hydrogens (tertiary/aromatic N) is 1. The van der Waals surface area contributed by atoms with Crippen LogP contribution in [0.4, 0.5) is 0 Å². The SMILES string of the molecule is CN(CCCc1ccccc1)C1(CC(=O)O)CCCCC1. The monoisotopic (exact) mass is 289 g/mol. The molecule has 1 N–H and O–H groups in total. The molecule has 0 saturated heterocycles. The average Bonchev–Trinajstić information content (AvgIpc) is 2.48. The van der Waals surface area contributed by atoms with E-state index in [0.29, 0.717) is 0 Å².